The highest BCUT2D eigenvalue weighted by Gasteiger charge is 2.39. The van der Waals surface area contributed by atoms with E-state index in [2.05, 4.69) is 0 Å². The van der Waals surface area contributed by atoms with Gasteiger partial charge in [-0.25, -0.2) is 0 Å². The summed E-state index contributed by atoms with van der Waals surface area (Å²) < 4.78 is 45.4. The van der Waals surface area contributed by atoms with Crippen LogP contribution in [0.2, 0.25) is 0 Å². The number of cyclic esters (lactones) is 2. The third-order valence-corrected chi connectivity index (χ3v) is 5.38. The normalized spacial score (nSPS) is 27.9. The summed E-state index contributed by atoms with van der Waals surface area (Å²) >= 11 is 0. The van der Waals surface area contributed by atoms with Crippen LogP contribution in [0.1, 0.15) is 46.5 Å². The summed E-state index contributed by atoms with van der Waals surface area (Å²) in [6, 6.07) is 0. The van der Waals surface area contributed by atoms with Crippen molar-refractivity contribution in [2.75, 3.05) is 25.6 Å². The highest BCUT2D eigenvalue weighted by Crippen LogP contribution is 2.25. The Morgan fingerprint density at radius 1 is 1.11 bits per heavy atom. The van der Waals surface area contributed by atoms with Gasteiger partial charge in [0.2, 0.25) is 0 Å². The minimum atomic E-state index is -4.05. The van der Waals surface area contributed by atoms with Crippen molar-refractivity contribution in [3.63, 3.8) is 0 Å². The number of esters is 3. The van der Waals surface area contributed by atoms with E-state index in [0.717, 1.165) is 0 Å². The highest BCUT2D eigenvalue weighted by atomic mass is 32.2. The molecular weight excluding hydrogens is 380 g/mol. The smallest absolute Gasteiger partial charge is 0.318 e. The summed E-state index contributed by atoms with van der Waals surface area (Å²) in [5, 5.41) is 0. The number of carbonyl (C=O) groups is 3. The van der Waals surface area contributed by atoms with E-state index < -0.39 is 39.2 Å². The first-order chi connectivity index (χ1) is 12.4. The third-order valence-electron chi connectivity index (χ3n) is 4.57. The Hall–Kier alpha value is -1.68. The van der Waals surface area contributed by atoms with E-state index in [1.54, 1.807) is 0 Å². The van der Waals surface area contributed by atoms with Gasteiger partial charge >= 0.3 is 17.9 Å². The molecule has 1 N–H and O–H groups in total. The lowest BCUT2D eigenvalue weighted by Crippen LogP contribution is -2.40. The Kier molecular flexibility index (Phi) is 8.67. The van der Waals surface area contributed by atoms with Gasteiger partial charge in [0, 0.05) is 12.8 Å². The van der Waals surface area contributed by atoms with Crippen LogP contribution in [0.5, 0.6) is 0 Å². The molecule has 10 heteroatoms. The summed E-state index contributed by atoms with van der Waals surface area (Å²) in [4.78, 5) is 36.3. The largest absolute Gasteiger partial charge is 0.465 e. The zero-order valence-corrected chi connectivity index (χ0v) is 16.7. The van der Waals surface area contributed by atoms with Crippen molar-refractivity contribution in [2.24, 2.45) is 17.3 Å². The number of rotatable bonds is 6. The Labute approximate surface area is 159 Å². The number of carbonyl (C=O) groups excluding carboxylic acids is 3. The van der Waals surface area contributed by atoms with Gasteiger partial charge in [0.05, 0.1) is 12.4 Å². The molecule has 0 aliphatic carbocycles. The molecule has 0 aromatic rings. The minimum Gasteiger partial charge on any atom is -0.465 e. The van der Waals surface area contributed by atoms with E-state index in [1.165, 1.54) is 6.92 Å². The number of ether oxygens (including phenoxy) is 3. The van der Waals surface area contributed by atoms with Crippen LogP contribution in [0.15, 0.2) is 0 Å². The first-order valence-electron chi connectivity index (χ1n) is 8.86. The molecule has 0 amide bonds. The quantitative estimate of drug-likeness (QED) is 0.299. The maximum atomic E-state index is 12.4. The molecular formula is C17H28O9S. The highest BCUT2D eigenvalue weighted by molar-refractivity contribution is 7.85. The van der Waals surface area contributed by atoms with Crippen molar-refractivity contribution < 1.29 is 41.6 Å². The lowest BCUT2D eigenvalue weighted by Gasteiger charge is -2.26. The Morgan fingerprint density at radius 2 is 1.59 bits per heavy atom. The van der Waals surface area contributed by atoms with Crippen molar-refractivity contribution in [3.05, 3.63) is 0 Å². The SMILES string of the molecule is CC1CC(=O)OCC(C)(C(=O)OCCCCS(=O)(=O)O)COC(=O)CC1C. The molecule has 0 radical (unpaired) electrons. The Morgan fingerprint density at radius 3 is 2.04 bits per heavy atom. The number of hydrogen-bond acceptors (Lipinski definition) is 8. The maximum Gasteiger partial charge on any atom is 0.318 e. The molecule has 1 saturated heterocycles. The van der Waals surface area contributed by atoms with Gasteiger partial charge in [-0.15, -0.1) is 0 Å². The van der Waals surface area contributed by atoms with Crippen LogP contribution in [0, 0.1) is 17.3 Å². The van der Waals surface area contributed by atoms with E-state index in [-0.39, 0.29) is 57.3 Å². The predicted octanol–water partition coefficient (Wildman–Crippen LogP) is 1.36. The zero-order valence-electron chi connectivity index (χ0n) is 15.9. The molecule has 1 aliphatic heterocycles. The number of hydrogen-bond donors (Lipinski definition) is 1. The van der Waals surface area contributed by atoms with Crippen LogP contribution < -0.4 is 0 Å². The standard InChI is InChI=1S/C17H28O9S/c1-12-8-14(18)25-10-17(3,11-26-15(19)9-13(12)2)16(20)24-6-4-5-7-27(21,22)23/h12-13H,4-11H2,1-3H3,(H,21,22,23). The molecule has 0 spiro atoms. The first-order valence-corrected chi connectivity index (χ1v) is 10.5. The predicted molar refractivity (Wildman–Crippen MR) is 94.2 cm³/mol. The first kappa shape index (κ1) is 23.4. The number of unbranched alkanes of at least 4 members (excludes halogenated alkanes) is 1. The van der Waals surface area contributed by atoms with Crippen molar-refractivity contribution in [1.29, 1.82) is 0 Å². The van der Waals surface area contributed by atoms with E-state index >= 15 is 0 Å². The van der Waals surface area contributed by atoms with Gasteiger partial charge in [0.1, 0.15) is 18.6 Å². The lowest BCUT2D eigenvalue weighted by molar-refractivity contribution is -0.169. The third kappa shape index (κ3) is 8.70. The Bertz CT molecular complexity index is 615. The molecule has 1 aliphatic rings. The van der Waals surface area contributed by atoms with Crippen LogP contribution in [0.4, 0.5) is 0 Å². The second-order valence-electron chi connectivity index (χ2n) is 7.37. The summed E-state index contributed by atoms with van der Waals surface area (Å²) in [5.41, 5.74) is -1.36. The van der Waals surface area contributed by atoms with Crippen molar-refractivity contribution in [3.8, 4) is 0 Å². The molecule has 0 bridgehead atoms. The topological polar surface area (TPSA) is 133 Å². The van der Waals surface area contributed by atoms with Crippen LogP contribution in [-0.4, -0.2) is 56.5 Å². The van der Waals surface area contributed by atoms with Gasteiger partial charge in [0.25, 0.3) is 10.1 Å². The van der Waals surface area contributed by atoms with Gasteiger partial charge in [-0.1, -0.05) is 13.8 Å². The summed E-state index contributed by atoms with van der Waals surface area (Å²) in [7, 11) is -4.05. The van der Waals surface area contributed by atoms with Crippen molar-refractivity contribution >= 4 is 28.0 Å². The van der Waals surface area contributed by atoms with E-state index in [0.29, 0.717) is 0 Å². The van der Waals surface area contributed by atoms with Gasteiger partial charge in [-0.05, 0) is 31.6 Å². The molecule has 0 aromatic heterocycles. The molecule has 156 valence electrons. The van der Waals surface area contributed by atoms with Crippen LogP contribution in [0.25, 0.3) is 0 Å². The molecule has 1 rings (SSSR count). The fraction of sp³-hybridized carbons (Fsp3) is 0.824. The zero-order chi connectivity index (χ0) is 20.7. The second-order valence-corrected chi connectivity index (χ2v) is 8.95. The maximum absolute atomic E-state index is 12.4. The van der Waals surface area contributed by atoms with Gasteiger partial charge in [-0.3, -0.25) is 18.9 Å². The van der Waals surface area contributed by atoms with Crippen LogP contribution in [0.3, 0.4) is 0 Å². The molecule has 0 aromatic carbocycles. The molecule has 2 unspecified atom stereocenters. The van der Waals surface area contributed by atoms with Gasteiger partial charge in [-0.2, -0.15) is 8.42 Å². The average molecular weight is 408 g/mol. The minimum absolute atomic E-state index is 0.0656. The molecule has 0 saturated carbocycles. The summed E-state index contributed by atoms with van der Waals surface area (Å²) in [6.07, 6.45) is 0.628. The summed E-state index contributed by atoms with van der Waals surface area (Å²) in [6.45, 7) is 4.52. The van der Waals surface area contributed by atoms with E-state index in [1.807, 2.05) is 13.8 Å². The molecule has 9 nitrogen and oxygen atoms in total. The fourth-order valence-electron chi connectivity index (χ4n) is 2.41. The molecule has 2 atom stereocenters. The van der Waals surface area contributed by atoms with Crippen LogP contribution >= 0.6 is 0 Å². The monoisotopic (exact) mass is 408 g/mol. The average Bonchev–Trinajstić information content (AvgIpc) is 2.57. The molecule has 27 heavy (non-hydrogen) atoms. The fourth-order valence-corrected chi connectivity index (χ4v) is 2.98. The van der Waals surface area contributed by atoms with Crippen molar-refractivity contribution in [1.82, 2.24) is 0 Å². The Balaban J connectivity index is 2.67. The lowest BCUT2D eigenvalue weighted by atomic mass is 9.90. The van der Waals surface area contributed by atoms with E-state index in [4.69, 9.17) is 18.8 Å². The summed E-state index contributed by atoms with van der Waals surface area (Å²) in [5.74, 6) is -2.19. The second kappa shape index (κ2) is 10.0. The van der Waals surface area contributed by atoms with Gasteiger partial charge < -0.3 is 14.2 Å². The molecule has 1 heterocycles. The van der Waals surface area contributed by atoms with Crippen LogP contribution in [-0.2, 0) is 38.7 Å². The molecule has 1 fully saturated rings. The van der Waals surface area contributed by atoms with Crippen molar-refractivity contribution in [2.45, 2.75) is 46.5 Å². The van der Waals surface area contributed by atoms with E-state index in [9.17, 15) is 22.8 Å². The van der Waals surface area contributed by atoms with Gasteiger partial charge in [0.15, 0.2) is 0 Å².